The Balaban J connectivity index is 1.46. The van der Waals surface area contributed by atoms with Crippen LogP contribution in [0.15, 0.2) is 108 Å². The monoisotopic (exact) mass is 468 g/mol. The second kappa shape index (κ2) is 8.36. The summed E-state index contributed by atoms with van der Waals surface area (Å²) in [5, 5.41) is 0. The van der Waals surface area contributed by atoms with Gasteiger partial charge >= 0.3 is 0 Å². The van der Waals surface area contributed by atoms with E-state index in [0.29, 0.717) is 11.1 Å². The zero-order valence-corrected chi connectivity index (χ0v) is 22.0. The van der Waals surface area contributed by atoms with Gasteiger partial charge in [-0.1, -0.05) is 133 Å². The molecule has 0 nitrogen and oxygen atoms in total. The smallest absolute Gasteiger partial charge is 0.0679 e. The molecule has 0 saturated heterocycles. The summed E-state index contributed by atoms with van der Waals surface area (Å²) >= 11 is 0. The van der Waals surface area contributed by atoms with Crippen LogP contribution >= 0.6 is 0 Å². The van der Waals surface area contributed by atoms with E-state index in [0.717, 1.165) is 0 Å². The lowest BCUT2D eigenvalue weighted by Crippen LogP contribution is -2.42. The van der Waals surface area contributed by atoms with Gasteiger partial charge in [-0.15, -0.1) is 0 Å². The summed E-state index contributed by atoms with van der Waals surface area (Å²) in [6.45, 7) is 9.96. The standard InChI is InChI=1S/C34H32Si/c1-23-21-31-27(25-13-7-5-8-14-25)17-11-19-29(31)33(23)35(3,4)34-24(2)22-32-28(18-12-20-30(32)34)26-15-9-6-10-16-26/h5-22,33-34H,1-4H3/t33-,34-/m0/s1. The average Bonchev–Trinajstić information content (AvgIpc) is 3.41. The topological polar surface area (TPSA) is 0 Å². The molecule has 35 heavy (non-hydrogen) atoms. The molecule has 0 spiro atoms. The highest BCUT2D eigenvalue weighted by Gasteiger charge is 2.47. The van der Waals surface area contributed by atoms with E-state index in [-0.39, 0.29) is 0 Å². The van der Waals surface area contributed by atoms with Crippen molar-refractivity contribution < 1.29 is 0 Å². The molecule has 4 aromatic carbocycles. The Labute approximate surface area is 210 Å². The molecule has 2 atom stereocenters. The molecule has 0 fully saturated rings. The second-order valence-corrected chi connectivity index (χ2v) is 15.6. The number of rotatable bonds is 4. The SMILES string of the molecule is CC1=Cc2c(-c3ccccc3)cccc2[C@H]1[Si](C)(C)[C@H]1C(C)=Cc2c(-c3ccccc3)cccc21. The van der Waals surface area contributed by atoms with Crippen LogP contribution in [0.5, 0.6) is 0 Å². The van der Waals surface area contributed by atoms with Crippen LogP contribution in [0, 0.1) is 0 Å². The van der Waals surface area contributed by atoms with Gasteiger partial charge in [-0.25, -0.2) is 0 Å². The van der Waals surface area contributed by atoms with Crippen molar-refractivity contribution in [3.63, 3.8) is 0 Å². The minimum atomic E-state index is -1.85. The van der Waals surface area contributed by atoms with E-state index in [4.69, 9.17) is 0 Å². The minimum absolute atomic E-state index is 0.515. The first-order valence-electron chi connectivity index (χ1n) is 12.7. The summed E-state index contributed by atoms with van der Waals surface area (Å²) < 4.78 is 0. The van der Waals surface area contributed by atoms with E-state index in [9.17, 15) is 0 Å². The van der Waals surface area contributed by atoms with Gasteiger partial charge in [0.15, 0.2) is 0 Å². The maximum absolute atomic E-state index is 2.62. The average molecular weight is 469 g/mol. The molecule has 0 amide bonds. The largest absolute Gasteiger partial charge is 0.0722 e. The summed E-state index contributed by atoms with van der Waals surface area (Å²) in [6.07, 6.45) is 4.96. The molecule has 0 unspecified atom stereocenters. The molecule has 0 heterocycles. The minimum Gasteiger partial charge on any atom is -0.0679 e. The molecular weight excluding hydrogens is 436 g/mol. The molecule has 2 aliphatic carbocycles. The first-order valence-corrected chi connectivity index (χ1v) is 15.9. The van der Waals surface area contributed by atoms with Crippen molar-refractivity contribution in [2.75, 3.05) is 0 Å². The molecule has 1 heteroatoms. The predicted molar refractivity (Wildman–Crippen MR) is 154 cm³/mol. The number of benzene rings is 4. The van der Waals surface area contributed by atoms with Crippen LogP contribution < -0.4 is 0 Å². The van der Waals surface area contributed by atoms with E-state index in [1.165, 1.54) is 55.7 Å². The Morgan fingerprint density at radius 1 is 0.486 bits per heavy atom. The molecule has 0 aromatic heterocycles. The Morgan fingerprint density at radius 3 is 1.29 bits per heavy atom. The zero-order valence-electron chi connectivity index (χ0n) is 21.0. The van der Waals surface area contributed by atoms with Crippen LogP contribution in [-0.4, -0.2) is 8.07 Å². The Bertz CT molecular complexity index is 1360. The lowest BCUT2D eigenvalue weighted by Gasteiger charge is -2.39. The Kier molecular flexibility index (Phi) is 5.27. The molecule has 0 radical (unpaired) electrons. The van der Waals surface area contributed by atoms with Gasteiger partial charge in [-0.3, -0.25) is 0 Å². The normalized spacial score (nSPS) is 18.6. The number of hydrogen-bond donors (Lipinski definition) is 0. The summed E-state index contributed by atoms with van der Waals surface area (Å²) in [5.41, 5.74) is 15.3. The maximum atomic E-state index is 2.62. The van der Waals surface area contributed by atoms with Crippen LogP contribution in [0.2, 0.25) is 13.1 Å². The summed E-state index contributed by atoms with van der Waals surface area (Å²) in [5.74, 6) is 0. The van der Waals surface area contributed by atoms with Crippen molar-refractivity contribution in [1.29, 1.82) is 0 Å². The number of fused-ring (bicyclic) bond motifs is 2. The van der Waals surface area contributed by atoms with Crippen molar-refractivity contribution in [2.45, 2.75) is 38.0 Å². The van der Waals surface area contributed by atoms with Crippen LogP contribution in [0.4, 0.5) is 0 Å². The molecule has 0 N–H and O–H groups in total. The fourth-order valence-electron chi connectivity index (χ4n) is 6.99. The van der Waals surface area contributed by atoms with Crippen LogP contribution in [-0.2, 0) is 0 Å². The highest BCUT2D eigenvalue weighted by Crippen LogP contribution is 2.54. The molecular formula is C34H32Si. The van der Waals surface area contributed by atoms with Crippen molar-refractivity contribution in [3.8, 4) is 22.3 Å². The molecule has 6 rings (SSSR count). The third-order valence-electron chi connectivity index (χ3n) is 8.21. The Hall–Kier alpha value is -3.42. The molecule has 2 aliphatic rings. The highest BCUT2D eigenvalue weighted by molar-refractivity contribution is 6.81. The summed E-state index contributed by atoms with van der Waals surface area (Å²) in [4.78, 5) is 0. The summed E-state index contributed by atoms with van der Waals surface area (Å²) in [7, 11) is -1.85. The van der Waals surface area contributed by atoms with Gasteiger partial charge in [0.25, 0.3) is 0 Å². The molecule has 4 aromatic rings. The van der Waals surface area contributed by atoms with Crippen molar-refractivity contribution in [2.24, 2.45) is 0 Å². The van der Waals surface area contributed by atoms with Crippen LogP contribution in [0.1, 0.15) is 47.2 Å². The predicted octanol–water partition coefficient (Wildman–Crippen LogP) is 9.51. The van der Waals surface area contributed by atoms with Gasteiger partial charge in [0, 0.05) is 11.1 Å². The molecule has 0 aliphatic heterocycles. The third-order valence-corrected chi connectivity index (χ3v) is 12.7. The zero-order chi connectivity index (χ0) is 24.2. The van der Waals surface area contributed by atoms with Crippen LogP contribution in [0.25, 0.3) is 34.4 Å². The molecule has 0 saturated carbocycles. The van der Waals surface area contributed by atoms with Gasteiger partial charge in [0.2, 0.25) is 0 Å². The van der Waals surface area contributed by atoms with Gasteiger partial charge in [-0.2, -0.15) is 0 Å². The first-order chi connectivity index (χ1) is 17.0. The second-order valence-electron chi connectivity index (χ2n) is 10.8. The van der Waals surface area contributed by atoms with Gasteiger partial charge in [0.1, 0.15) is 0 Å². The van der Waals surface area contributed by atoms with Crippen LogP contribution in [0.3, 0.4) is 0 Å². The number of allylic oxidation sites excluding steroid dienone is 2. The molecule has 172 valence electrons. The first kappa shape index (κ1) is 22.1. The lowest BCUT2D eigenvalue weighted by molar-refractivity contribution is 0.968. The number of hydrogen-bond acceptors (Lipinski definition) is 0. The fraction of sp³-hybridized carbons (Fsp3) is 0.176. The van der Waals surface area contributed by atoms with Crippen molar-refractivity contribution in [1.82, 2.24) is 0 Å². The fourth-order valence-corrected chi connectivity index (χ4v) is 11.9. The van der Waals surface area contributed by atoms with E-state index >= 15 is 0 Å². The Morgan fingerprint density at radius 2 is 0.886 bits per heavy atom. The maximum Gasteiger partial charge on any atom is 0.0722 e. The quantitative estimate of drug-likeness (QED) is 0.262. The van der Waals surface area contributed by atoms with E-state index < -0.39 is 8.07 Å². The van der Waals surface area contributed by atoms with E-state index in [2.05, 4.69) is 136 Å². The highest BCUT2D eigenvalue weighted by atomic mass is 28.3. The van der Waals surface area contributed by atoms with Gasteiger partial charge in [0.05, 0.1) is 8.07 Å². The summed E-state index contributed by atoms with van der Waals surface area (Å²) in [6, 6.07) is 35.6. The lowest BCUT2D eigenvalue weighted by atomic mass is 9.97. The van der Waals surface area contributed by atoms with Crippen molar-refractivity contribution in [3.05, 3.63) is 130 Å². The van der Waals surface area contributed by atoms with E-state index in [1.807, 2.05) is 0 Å². The third kappa shape index (κ3) is 3.49. The van der Waals surface area contributed by atoms with E-state index in [1.54, 1.807) is 0 Å². The van der Waals surface area contributed by atoms with Crippen molar-refractivity contribution >= 4 is 20.2 Å². The van der Waals surface area contributed by atoms with Gasteiger partial charge in [-0.05, 0) is 58.4 Å². The van der Waals surface area contributed by atoms with Gasteiger partial charge < -0.3 is 0 Å². The molecule has 0 bridgehead atoms.